The summed E-state index contributed by atoms with van der Waals surface area (Å²) in [5.41, 5.74) is 8.99. The first-order chi connectivity index (χ1) is 8.56. The van der Waals surface area contributed by atoms with Crippen LogP contribution >= 0.6 is 0 Å². The van der Waals surface area contributed by atoms with Gasteiger partial charge in [0.25, 0.3) is 0 Å². The number of carbonyl (C=O) groups excluding carboxylic acids is 1. The number of nitrogens with two attached hydrogens (primary N) is 1. The molecular weight excluding hydrogens is 224 g/mol. The second-order valence-corrected chi connectivity index (χ2v) is 4.86. The number of hydrogen-bond donors (Lipinski definition) is 2. The third-order valence-corrected chi connectivity index (χ3v) is 3.23. The largest absolute Gasteiger partial charge is 0.353 e. The van der Waals surface area contributed by atoms with Crippen molar-refractivity contribution in [1.82, 2.24) is 5.32 Å². The monoisotopic (exact) mass is 248 g/mol. The molecule has 100 valence electrons. The van der Waals surface area contributed by atoms with Gasteiger partial charge in [-0.05, 0) is 44.4 Å². The van der Waals surface area contributed by atoms with Crippen molar-refractivity contribution >= 4 is 5.91 Å². The topological polar surface area (TPSA) is 55.1 Å². The standard InChI is InChI=1S/C15H24N2O/c1-4-14(7-8-16)17-15(18)10-13-9-11(2)5-6-12(13)3/h5-6,9,14H,4,7-8,10,16H2,1-3H3,(H,17,18). The van der Waals surface area contributed by atoms with E-state index < -0.39 is 0 Å². The number of rotatable bonds is 6. The van der Waals surface area contributed by atoms with Crippen LogP contribution in [0.5, 0.6) is 0 Å². The minimum atomic E-state index is 0.0870. The molecule has 1 amide bonds. The highest BCUT2D eigenvalue weighted by molar-refractivity contribution is 5.79. The van der Waals surface area contributed by atoms with Crippen molar-refractivity contribution < 1.29 is 4.79 Å². The van der Waals surface area contributed by atoms with E-state index in [-0.39, 0.29) is 11.9 Å². The van der Waals surface area contributed by atoms with E-state index in [0.717, 1.165) is 18.4 Å². The molecule has 0 aliphatic carbocycles. The Bertz CT molecular complexity index is 401. The van der Waals surface area contributed by atoms with Crippen LogP contribution in [0.2, 0.25) is 0 Å². The fourth-order valence-corrected chi connectivity index (χ4v) is 2.02. The Morgan fingerprint density at radius 2 is 2.11 bits per heavy atom. The van der Waals surface area contributed by atoms with Gasteiger partial charge in [0.05, 0.1) is 6.42 Å². The molecule has 1 aromatic carbocycles. The highest BCUT2D eigenvalue weighted by Gasteiger charge is 2.11. The minimum Gasteiger partial charge on any atom is -0.353 e. The Kier molecular flexibility index (Phi) is 5.86. The van der Waals surface area contributed by atoms with Gasteiger partial charge < -0.3 is 11.1 Å². The maximum atomic E-state index is 12.0. The Morgan fingerprint density at radius 3 is 2.72 bits per heavy atom. The van der Waals surface area contributed by atoms with Crippen molar-refractivity contribution in [2.45, 2.75) is 46.1 Å². The van der Waals surface area contributed by atoms with Crippen LogP contribution < -0.4 is 11.1 Å². The molecule has 0 aromatic heterocycles. The summed E-state index contributed by atoms with van der Waals surface area (Å²) in [7, 11) is 0. The quantitative estimate of drug-likeness (QED) is 0.810. The predicted octanol–water partition coefficient (Wildman–Crippen LogP) is 2.09. The van der Waals surface area contributed by atoms with Gasteiger partial charge in [-0.1, -0.05) is 30.7 Å². The Balaban J connectivity index is 2.61. The van der Waals surface area contributed by atoms with Crippen LogP contribution in [0.4, 0.5) is 0 Å². The second kappa shape index (κ2) is 7.17. The van der Waals surface area contributed by atoms with Gasteiger partial charge in [-0.2, -0.15) is 0 Å². The summed E-state index contributed by atoms with van der Waals surface area (Å²) >= 11 is 0. The van der Waals surface area contributed by atoms with E-state index >= 15 is 0 Å². The average molecular weight is 248 g/mol. The molecule has 3 N–H and O–H groups in total. The fourth-order valence-electron chi connectivity index (χ4n) is 2.02. The summed E-state index contributed by atoms with van der Waals surface area (Å²) in [6.07, 6.45) is 2.22. The van der Waals surface area contributed by atoms with Gasteiger partial charge in [-0.3, -0.25) is 4.79 Å². The van der Waals surface area contributed by atoms with Crippen LogP contribution in [0.25, 0.3) is 0 Å². The lowest BCUT2D eigenvalue weighted by Crippen LogP contribution is -2.36. The van der Waals surface area contributed by atoms with E-state index in [2.05, 4.69) is 30.4 Å². The van der Waals surface area contributed by atoms with Crippen molar-refractivity contribution in [2.75, 3.05) is 6.54 Å². The smallest absolute Gasteiger partial charge is 0.224 e. The lowest BCUT2D eigenvalue weighted by atomic mass is 10.0. The Hall–Kier alpha value is -1.35. The van der Waals surface area contributed by atoms with Crippen molar-refractivity contribution in [2.24, 2.45) is 5.73 Å². The number of aryl methyl sites for hydroxylation is 2. The third kappa shape index (κ3) is 4.49. The van der Waals surface area contributed by atoms with E-state index in [1.54, 1.807) is 0 Å². The molecule has 3 nitrogen and oxygen atoms in total. The van der Waals surface area contributed by atoms with E-state index in [4.69, 9.17) is 5.73 Å². The molecule has 1 rings (SSSR count). The van der Waals surface area contributed by atoms with Crippen molar-refractivity contribution in [3.05, 3.63) is 34.9 Å². The zero-order valence-corrected chi connectivity index (χ0v) is 11.6. The summed E-state index contributed by atoms with van der Waals surface area (Å²) in [5, 5.41) is 3.04. The maximum Gasteiger partial charge on any atom is 0.224 e. The summed E-state index contributed by atoms with van der Waals surface area (Å²) < 4.78 is 0. The first kappa shape index (κ1) is 14.7. The SMILES string of the molecule is CCC(CCN)NC(=O)Cc1cc(C)ccc1C. The van der Waals surface area contributed by atoms with Gasteiger partial charge in [0.1, 0.15) is 0 Å². The minimum absolute atomic E-state index is 0.0870. The van der Waals surface area contributed by atoms with E-state index in [1.165, 1.54) is 11.1 Å². The zero-order chi connectivity index (χ0) is 13.5. The van der Waals surface area contributed by atoms with Crippen LogP contribution in [0.1, 0.15) is 36.5 Å². The highest BCUT2D eigenvalue weighted by Crippen LogP contribution is 2.11. The number of hydrogen-bond acceptors (Lipinski definition) is 2. The first-order valence-corrected chi connectivity index (χ1v) is 6.62. The molecule has 0 fully saturated rings. The van der Waals surface area contributed by atoms with Gasteiger partial charge >= 0.3 is 0 Å². The lowest BCUT2D eigenvalue weighted by molar-refractivity contribution is -0.121. The van der Waals surface area contributed by atoms with Crippen LogP contribution in [0, 0.1) is 13.8 Å². The van der Waals surface area contributed by atoms with Crippen molar-refractivity contribution in [3.63, 3.8) is 0 Å². The normalized spacial score (nSPS) is 12.2. The lowest BCUT2D eigenvalue weighted by Gasteiger charge is -2.16. The second-order valence-electron chi connectivity index (χ2n) is 4.86. The van der Waals surface area contributed by atoms with Crippen LogP contribution in [-0.2, 0) is 11.2 Å². The van der Waals surface area contributed by atoms with E-state index in [1.807, 2.05) is 13.8 Å². The molecule has 0 bridgehead atoms. The van der Waals surface area contributed by atoms with E-state index in [0.29, 0.717) is 13.0 Å². The average Bonchev–Trinajstić information content (AvgIpc) is 2.33. The van der Waals surface area contributed by atoms with Gasteiger partial charge in [0.15, 0.2) is 0 Å². The molecule has 0 heterocycles. The molecule has 1 unspecified atom stereocenters. The fraction of sp³-hybridized carbons (Fsp3) is 0.533. The summed E-state index contributed by atoms with van der Waals surface area (Å²) in [5.74, 6) is 0.0870. The van der Waals surface area contributed by atoms with Crippen LogP contribution in [0.3, 0.4) is 0 Å². The Morgan fingerprint density at radius 1 is 1.39 bits per heavy atom. The molecule has 0 spiro atoms. The molecule has 0 saturated heterocycles. The van der Waals surface area contributed by atoms with Crippen molar-refractivity contribution in [3.8, 4) is 0 Å². The molecule has 0 aliphatic heterocycles. The molecule has 0 aliphatic rings. The van der Waals surface area contributed by atoms with Gasteiger partial charge in [0.2, 0.25) is 5.91 Å². The molecule has 0 saturated carbocycles. The molecule has 0 radical (unpaired) electrons. The molecule has 3 heteroatoms. The number of nitrogens with one attached hydrogen (secondary N) is 1. The zero-order valence-electron chi connectivity index (χ0n) is 11.6. The van der Waals surface area contributed by atoms with E-state index in [9.17, 15) is 4.79 Å². The van der Waals surface area contributed by atoms with Gasteiger partial charge in [-0.15, -0.1) is 0 Å². The summed E-state index contributed by atoms with van der Waals surface area (Å²) in [6.45, 7) is 6.77. The van der Waals surface area contributed by atoms with Crippen LogP contribution in [0.15, 0.2) is 18.2 Å². The summed E-state index contributed by atoms with van der Waals surface area (Å²) in [4.78, 5) is 12.0. The van der Waals surface area contributed by atoms with Gasteiger partial charge in [-0.25, -0.2) is 0 Å². The molecular formula is C15H24N2O. The predicted molar refractivity (Wildman–Crippen MR) is 75.5 cm³/mol. The van der Waals surface area contributed by atoms with Crippen LogP contribution in [-0.4, -0.2) is 18.5 Å². The Labute approximate surface area is 110 Å². The summed E-state index contributed by atoms with van der Waals surface area (Å²) in [6, 6.07) is 6.42. The number of carbonyl (C=O) groups is 1. The molecule has 1 atom stereocenters. The molecule has 1 aromatic rings. The highest BCUT2D eigenvalue weighted by atomic mass is 16.1. The third-order valence-electron chi connectivity index (χ3n) is 3.23. The van der Waals surface area contributed by atoms with Crippen molar-refractivity contribution in [1.29, 1.82) is 0 Å². The number of benzene rings is 1. The first-order valence-electron chi connectivity index (χ1n) is 6.62. The molecule has 18 heavy (non-hydrogen) atoms. The maximum absolute atomic E-state index is 12.0. The van der Waals surface area contributed by atoms with Gasteiger partial charge in [0, 0.05) is 6.04 Å². The number of amides is 1.